The first-order valence-corrected chi connectivity index (χ1v) is 3.99. The maximum atomic E-state index is 12.8. The van der Waals surface area contributed by atoms with E-state index in [9.17, 15) is 9.18 Å². The van der Waals surface area contributed by atoms with Gasteiger partial charge < -0.3 is 4.74 Å². The summed E-state index contributed by atoms with van der Waals surface area (Å²) in [4.78, 5) is 10.7. The molecule has 2 rings (SSSR count). The fraction of sp³-hybridized carbons (Fsp3) is 0.111. The quantitative estimate of drug-likeness (QED) is 0.702. The average molecular weight is 194 g/mol. The third kappa shape index (κ3) is 1.44. The van der Waals surface area contributed by atoms with Gasteiger partial charge in [-0.15, -0.1) is 5.10 Å². The van der Waals surface area contributed by atoms with Crippen LogP contribution in [0.4, 0.5) is 4.39 Å². The van der Waals surface area contributed by atoms with Crippen molar-refractivity contribution in [2.24, 2.45) is 0 Å². The van der Waals surface area contributed by atoms with Crippen LogP contribution in [0.3, 0.4) is 0 Å². The smallest absolute Gasteiger partial charge is 0.309 e. The molecule has 1 aromatic heterocycles. The second kappa shape index (κ2) is 3.10. The van der Waals surface area contributed by atoms with Crippen molar-refractivity contribution in [3.05, 3.63) is 24.0 Å². The molecule has 0 aliphatic rings. The summed E-state index contributed by atoms with van der Waals surface area (Å²) in [6, 6.07) is 4.10. The summed E-state index contributed by atoms with van der Waals surface area (Å²) >= 11 is 0. The van der Waals surface area contributed by atoms with Gasteiger partial charge in [0, 0.05) is 6.92 Å². The lowest BCUT2D eigenvalue weighted by Crippen LogP contribution is -2.01. The largest absolute Gasteiger partial charge is 0.405 e. The molecule has 0 bridgehead atoms. The molecule has 1 heterocycles. The number of hydrogen-bond donors (Lipinski definition) is 1. The second-order valence-corrected chi connectivity index (χ2v) is 2.81. The van der Waals surface area contributed by atoms with E-state index in [-0.39, 0.29) is 5.88 Å². The van der Waals surface area contributed by atoms with Crippen LogP contribution in [-0.4, -0.2) is 16.2 Å². The minimum absolute atomic E-state index is 0.104. The first kappa shape index (κ1) is 8.68. The van der Waals surface area contributed by atoms with Gasteiger partial charge in [-0.1, -0.05) is 0 Å². The maximum Gasteiger partial charge on any atom is 0.309 e. The van der Waals surface area contributed by atoms with E-state index < -0.39 is 11.8 Å². The van der Waals surface area contributed by atoms with Crippen molar-refractivity contribution < 1.29 is 13.9 Å². The summed E-state index contributed by atoms with van der Waals surface area (Å²) in [5, 5.41) is 6.83. The number of esters is 1. The number of rotatable bonds is 1. The summed E-state index contributed by atoms with van der Waals surface area (Å²) < 4.78 is 17.6. The molecule has 4 nitrogen and oxygen atoms in total. The van der Waals surface area contributed by atoms with Gasteiger partial charge in [-0.25, -0.2) is 4.39 Å². The van der Waals surface area contributed by atoms with Crippen LogP contribution in [0.15, 0.2) is 18.2 Å². The Hall–Kier alpha value is -1.91. The summed E-state index contributed by atoms with van der Waals surface area (Å²) in [5.41, 5.74) is 0.627. The van der Waals surface area contributed by atoms with Crippen molar-refractivity contribution in [1.29, 1.82) is 0 Å². The van der Waals surface area contributed by atoms with E-state index in [1.54, 1.807) is 0 Å². The van der Waals surface area contributed by atoms with Crippen molar-refractivity contribution in [3.63, 3.8) is 0 Å². The monoisotopic (exact) mass is 194 g/mol. The lowest BCUT2D eigenvalue weighted by Gasteiger charge is -1.95. The highest BCUT2D eigenvalue weighted by atomic mass is 19.1. The minimum atomic E-state index is -0.484. The summed E-state index contributed by atoms with van der Waals surface area (Å²) in [7, 11) is 0. The molecular formula is C9H7FN2O2. The molecule has 1 N–H and O–H groups in total. The molecule has 1 aromatic carbocycles. The number of benzene rings is 1. The fourth-order valence-electron chi connectivity index (χ4n) is 1.18. The van der Waals surface area contributed by atoms with Crippen molar-refractivity contribution in [2.75, 3.05) is 0 Å². The van der Waals surface area contributed by atoms with E-state index in [1.807, 2.05) is 0 Å². The molecule has 0 aliphatic heterocycles. The summed E-state index contributed by atoms with van der Waals surface area (Å²) in [6.45, 7) is 1.26. The molecule has 0 atom stereocenters. The van der Waals surface area contributed by atoms with Gasteiger partial charge >= 0.3 is 5.97 Å². The van der Waals surface area contributed by atoms with Crippen LogP contribution < -0.4 is 4.74 Å². The predicted octanol–water partition coefficient (Wildman–Crippen LogP) is 1.63. The van der Waals surface area contributed by atoms with Gasteiger partial charge in [0.05, 0.1) is 10.9 Å². The number of H-pyrrole nitrogens is 1. The van der Waals surface area contributed by atoms with Crippen molar-refractivity contribution in [2.45, 2.75) is 6.92 Å². The molecule has 0 saturated carbocycles. The molecule has 0 radical (unpaired) electrons. The summed E-state index contributed by atoms with van der Waals surface area (Å²) in [6.07, 6.45) is 0. The molecule has 0 saturated heterocycles. The molecule has 2 aromatic rings. The predicted molar refractivity (Wildman–Crippen MR) is 47.4 cm³/mol. The SMILES string of the molecule is CC(=O)Oc1n[nH]c2ccc(F)cc12. The van der Waals surface area contributed by atoms with Crippen LogP contribution >= 0.6 is 0 Å². The average Bonchev–Trinajstić information content (AvgIpc) is 2.47. The van der Waals surface area contributed by atoms with E-state index in [4.69, 9.17) is 4.74 Å². The van der Waals surface area contributed by atoms with Crippen LogP contribution in [0.25, 0.3) is 10.9 Å². The number of ether oxygens (including phenoxy) is 1. The number of aromatic nitrogens is 2. The summed E-state index contributed by atoms with van der Waals surface area (Å²) in [5.74, 6) is -0.776. The number of hydrogen-bond acceptors (Lipinski definition) is 3. The van der Waals surface area contributed by atoms with E-state index in [0.29, 0.717) is 10.9 Å². The van der Waals surface area contributed by atoms with Crippen LogP contribution in [0.2, 0.25) is 0 Å². The van der Waals surface area contributed by atoms with E-state index >= 15 is 0 Å². The number of halogens is 1. The zero-order valence-electron chi connectivity index (χ0n) is 7.37. The molecule has 0 spiro atoms. The first-order valence-electron chi connectivity index (χ1n) is 3.99. The Morgan fingerprint density at radius 2 is 2.36 bits per heavy atom. The van der Waals surface area contributed by atoms with Gasteiger partial charge in [0.2, 0.25) is 5.88 Å². The maximum absolute atomic E-state index is 12.8. The molecule has 0 unspecified atom stereocenters. The van der Waals surface area contributed by atoms with Crippen molar-refractivity contribution >= 4 is 16.9 Å². The normalized spacial score (nSPS) is 10.4. The van der Waals surface area contributed by atoms with Crippen LogP contribution in [0.1, 0.15) is 6.92 Å². The fourth-order valence-corrected chi connectivity index (χ4v) is 1.18. The second-order valence-electron chi connectivity index (χ2n) is 2.81. The molecule has 14 heavy (non-hydrogen) atoms. The van der Waals surface area contributed by atoms with Gasteiger partial charge in [-0.05, 0) is 18.2 Å². The number of carbonyl (C=O) groups is 1. The molecular weight excluding hydrogens is 187 g/mol. The van der Waals surface area contributed by atoms with Crippen LogP contribution in [0.5, 0.6) is 5.88 Å². The number of nitrogens with one attached hydrogen (secondary N) is 1. The highest BCUT2D eigenvalue weighted by Gasteiger charge is 2.09. The molecule has 0 fully saturated rings. The Morgan fingerprint density at radius 1 is 1.57 bits per heavy atom. The highest BCUT2D eigenvalue weighted by Crippen LogP contribution is 2.23. The van der Waals surface area contributed by atoms with Gasteiger partial charge in [-0.2, -0.15) is 0 Å². The van der Waals surface area contributed by atoms with Crippen molar-refractivity contribution in [1.82, 2.24) is 10.2 Å². The zero-order chi connectivity index (χ0) is 10.1. The number of nitrogens with zero attached hydrogens (tertiary/aromatic N) is 1. The Morgan fingerprint density at radius 3 is 3.07 bits per heavy atom. The van der Waals surface area contributed by atoms with Gasteiger partial charge in [0.15, 0.2) is 0 Å². The highest BCUT2D eigenvalue weighted by molar-refractivity contribution is 5.86. The zero-order valence-corrected chi connectivity index (χ0v) is 7.37. The minimum Gasteiger partial charge on any atom is -0.405 e. The van der Waals surface area contributed by atoms with Crippen molar-refractivity contribution in [3.8, 4) is 5.88 Å². The standard InChI is InChI=1S/C9H7FN2O2/c1-5(13)14-9-7-4-6(10)2-3-8(7)11-12-9/h2-4H,1H3,(H,11,12). The topological polar surface area (TPSA) is 55.0 Å². The van der Waals surface area contributed by atoms with E-state index in [0.717, 1.165) is 0 Å². The van der Waals surface area contributed by atoms with Gasteiger partial charge in [0.25, 0.3) is 0 Å². The Labute approximate surface area is 78.7 Å². The molecule has 5 heteroatoms. The lowest BCUT2D eigenvalue weighted by atomic mass is 10.2. The van der Waals surface area contributed by atoms with E-state index in [1.165, 1.54) is 25.1 Å². The van der Waals surface area contributed by atoms with Gasteiger partial charge in [0.1, 0.15) is 5.82 Å². The Kier molecular flexibility index (Phi) is 1.92. The Balaban J connectivity index is 2.55. The van der Waals surface area contributed by atoms with E-state index in [2.05, 4.69) is 10.2 Å². The van der Waals surface area contributed by atoms with Crippen LogP contribution in [0, 0.1) is 5.82 Å². The number of carbonyl (C=O) groups excluding carboxylic acids is 1. The molecule has 0 amide bonds. The third-order valence-electron chi connectivity index (χ3n) is 1.73. The van der Waals surface area contributed by atoms with Crippen LogP contribution in [-0.2, 0) is 4.79 Å². The molecule has 0 aliphatic carbocycles. The lowest BCUT2D eigenvalue weighted by molar-refractivity contribution is -0.132. The number of aromatic amines is 1. The number of fused-ring (bicyclic) bond motifs is 1. The van der Waals surface area contributed by atoms with Gasteiger partial charge in [-0.3, -0.25) is 9.89 Å². The Bertz CT molecular complexity index is 493. The molecule has 72 valence electrons. The first-order chi connectivity index (χ1) is 6.66. The third-order valence-corrected chi connectivity index (χ3v) is 1.73.